The second-order valence-electron chi connectivity index (χ2n) is 4.97. The molecule has 0 bridgehead atoms. The average Bonchev–Trinajstić information content (AvgIpc) is 2.35. The van der Waals surface area contributed by atoms with Gasteiger partial charge in [-0.25, -0.2) is 0 Å². The third kappa shape index (κ3) is 3.85. The van der Waals surface area contributed by atoms with E-state index in [4.69, 9.17) is 23.8 Å². The van der Waals surface area contributed by atoms with Gasteiger partial charge in [0.2, 0.25) is 0 Å². The zero-order chi connectivity index (χ0) is 13.0. The molecule has 1 fully saturated rings. The Morgan fingerprint density at radius 2 is 1.89 bits per heavy atom. The fourth-order valence-electron chi connectivity index (χ4n) is 2.40. The maximum Gasteiger partial charge on any atom is 0.171 e. The molecule has 0 aliphatic heterocycles. The van der Waals surface area contributed by atoms with E-state index in [1.165, 1.54) is 25.7 Å². The van der Waals surface area contributed by atoms with Crippen LogP contribution in [0.3, 0.4) is 0 Å². The van der Waals surface area contributed by atoms with E-state index in [2.05, 4.69) is 17.6 Å². The number of rotatable bonds is 2. The van der Waals surface area contributed by atoms with Crippen molar-refractivity contribution in [2.75, 3.05) is 5.32 Å². The van der Waals surface area contributed by atoms with Crippen molar-refractivity contribution in [1.29, 1.82) is 0 Å². The highest BCUT2D eigenvalue weighted by Gasteiger charge is 2.21. The first kappa shape index (κ1) is 13.6. The van der Waals surface area contributed by atoms with Crippen LogP contribution in [0.2, 0.25) is 5.02 Å². The van der Waals surface area contributed by atoms with E-state index in [1.54, 1.807) is 0 Å². The molecule has 0 heterocycles. The first-order valence-electron chi connectivity index (χ1n) is 6.48. The van der Waals surface area contributed by atoms with E-state index in [1.807, 2.05) is 24.3 Å². The molecule has 98 valence electrons. The smallest absolute Gasteiger partial charge is 0.171 e. The molecule has 2 N–H and O–H groups in total. The molecule has 1 aliphatic carbocycles. The fraction of sp³-hybridized carbons (Fsp3) is 0.500. The van der Waals surface area contributed by atoms with Crippen molar-refractivity contribution in [3.8, 4) is 0 Å². The van der Waals surface area contributed by atoms with E-state index in [0.29, 0.717) is 17.1 Å². The van der Waals surface area contributed by atoms with Crippen molar-refractivity contribution in [1.82, 2.24) is 5.32 Å². The topological polar surface area (TPSA) is 24.1 Å². The zero-order valence-corrected chi connectivity index (χ0v) is 12.2. The van der Waals surface area contributed by atoms with Crippen molar-refractivity contribution >= 4 is 34.6 Å². The van der Waals surface area contributed by atoms with E-state index in [9.17, 15) is 0 Å². The highest BCUT2D eigenvalue weighted by atomic mass is 35.5. The lowest BCUT2D eigenvalue weighted by Crippen LogP contribution is -2.43. The molecular formula is C14H19ClN2S. The molecule has 0 amide bonds. The van der Waals surface area contributed by atoms with Crippen LogP contribution < -0.4 is 10.6 Å². The maximum atomic E-state index is 5.85. The summed E-state index contributed by atoms with van der Waals surface area (Å²) in [5.74, 6) is 0.698. The minimum Gasteiger partial charge on any atom is -0.359 e. The number of hydrogen-bond acceptors (Lipinski definition) is 1. The third-order valence-corrected chi connectivity index (χ3v) is 4.00. The lowest BCUT2D eigenvalue weighted by molar-refractivity contribution is 0.309. The van der Waals surface area contributed by atoms with Crippen LogP contribution in [-0.4, -0.2) is 11.2 Å². The molecule has 1 aromatic carbocycles. The molecule has 2 nitrogen and oxygen atoms in total. The molecule has 2 atom stereocenters. The SMILES string of the molecule is C[C@H]1CCCC[C@@H]1NC(=S)Nc1ccc(Cl)cc1. The Morgan fingerprint density at radius 3 is 2.56 bits per heavy atom. The molecule has 1 aromatic rings. The number of benzene rings is 1. The van der Waals surface area contributed by atoms with Gasteiger partial charge in [-0.15, -0.1) is 0 Å². The van der Waals surface area contributed by atoms with Crippen LogP contribution in [0.1, 0.15) is 32.6 Å². The van der Waals surface area contributed by atoms with Gasteiger partial charge in [0.25, 0.3) is 0 Å². The van der Waals surface area contributed by atoms with Crippen LogP contribution in [0, 0.1) is 5.92 Å². The summed E-state index contributed by atoms with van der Waals surface area (Å²) in [7, 11) is 0. The van der Waals surface area contributed by atoms with E-state index in [-0.39, 0.29) is 0 Å². The highest BCUT2D eigenvalue weighted by Crippen LogP contribution is 2.23. The monoisotopic (exact) mass is 282 g/mol. The molecule has 1 aliphatic rings. The molecule has 0 aromatic heterocycles. The molecule has 18 heavy (non-hydrogen) atoms. The lowest BCUT2D eigenvalue weighted by Gasteiger charge is -2.30. The van der Waals surface area contributed by atoms with Gasteiger partial charge in [0.05, 0.1) is 0 Å². The molecule has 2 rings (SSSR count). The predicted molar refractivity (Wildman–Crippen MR) is 82.2 cm³/mol. The minimum atomic E-state index is 0.506. The Morgan fingerprint density at radius 1 is 1.22 bits per heavy atom. The van der Waals surface area contributed by atoms with Crippen molar-refractivity contribution in [2.24, 2.45) is 5.92 Å². The van der Waals surface area contributed by atoms with Crippen LogP contribution >= 0.6 is 23.8 Å². The summed E-state index contributed by atoms with van der Waals surface area (Å²) in [4.78, 5) is 0. The maximum absolute atomic E-state index is 5.85. The first-order valence-corrected chi connectivity index (χ1v) is 7.27. The summed E-state index contributed by atoms with van der Waals surface area (Å²) in [5, 5.41) is 8.06. The summed E-state index contributed by atoms with van der Waals surface area (Å²) < 4.78 is 0. The van der Waals surface area contributed by atoms with Gasteiger partial charge in [0.15, 0.2) is 5.11 Å². The second kappa shape index (κ2) is 6.39. The number of hydrogen-bond donors (Lipinski definition) is 2. The molecule has 0 radical (unpaired) electrons. The van der Waals surface area contributed by atoms with E-state index < -0.39 is 0 Å². The molecule has 0 unspecified atom stereocenters. The molecule has 0 spiro atoms. The number of thiocarbonyl (C=S) groups is 1. The van der Waals surface area contributed by atoms with Crippen molar-refractivity contribution in [2.45, 2.75) is 38.6 Å². The Kier molecular flexibility index (Phi) is 4.84. The average molecular weight is 283 g/mol. The summed E-state index contributed by atoms with van der Waals surface area (Å²) in [6.07, 6.45) is 5.15. The normalized spacial score (nSPS) is 23.4. The highest BCUT2D eigenvalue weighted by molar-refractivity contribution is 7.80. The second-order valence-corrected chi connectivity index (χ2v) is 5.82. The Balaban J connectivity index is 1.86. The third-order valence-electron chi connectivity index (χ3n) is 3.53. The fourth-order valence-corrected chi connectivity index (χ4v) is 2.79. The van der Waals surface area contributed by atoms with Gasteiger partial charge >= 0.3 is 0 Å². The van der Waals surface area contributed by atoms with E-state index >= 15 is 0 Å². The van der Waals surface area contributed by atoms with Gasteiger partial charge in [0.1, 0.15) is 0 Å². The van der Waals surface area contributed by atoms with E-state index in [0.717, 1.165) is 10.7 Å². The van der Waals surface area contributed by atoms with Gasteiger partial charge in [-0.3, -0.25) is 0 Å². The number of anilines is 1. The van der Waals surface area contributed by atoms with Gasteiger partial charge in [-0.2, -0.15) is 0 Å². The Hall–Kier alpha value is -0.800. The van der Waals surface area contributed by atoms with Crippen LogP contribution in [0.4, 0.5) is 5.69 Å². The first-order chi connectivity index (χ1) is 8.65. The minimum absolute atomic E-state index is 0.506. The molecule has 1 saturated carbocycles. The molecule has 4 heteroatoms. The number of halogens is 1. The van der Waals surface area contributed by atoms with Gasteiger partial charge in [-0.1, -0.05) is 31.4 Å². The zero-order valence-electron chi connectivity index (χ0n) is 10.6. The van der Waals surface area contributed by atoms with Crippen molar-refractivity contribution < 1.29 is 0 Å². The quantitative estimate of drug-likeness (QED) is 0.795. The van der Waals surface area contributed by atoms with Gasteiger partial charge in [-0.05, 0) is 55.2 Å². The van der Waals surface area contributed by atoms with Crippen molar-refractivity contribution in [3.05, 3.63) is 29.3 Å². The van der Waals surface area contributed by atoms with Crippen molar-refractivity contribution in [3.63, 3.8) is 0 Å². The van der Waals surface area contributed by atoms with Crippen LogP contribution in [0.15, 0.2) is 24.3 Å². The Bertz CT molecular complexity index is 405. The van der Waals surface area contributed by atoms with Gasteiger partial charge in [0, 0.05) is 16.8 Å². The van der Waals surface area contributed by atoms with Crippen LogP contribution in [0.25, 0.3) is 0 Å². The largest absolute Gasteiger partial charge is 0.359 e. The summed E-state index contributed by atoms with van der Waals surface area (Å²) in [6, 6.07) is 8.08. The molecule has 0 saturated heterocycles. The lowest BCUT2D eigenvalue weighted by atomic mass is 9.86. The summed E-state index contributed by atoms with van der Waals surface area (Å²) in [6.45, 7) is 2.29. The Labute approximate surface area is 119 Å². The van der Waals surface area contributed by atoms with Crippen LogP contribution in [0.5, 0.6) is 0 Å². The standard InChI is InChI=1S/C14H19ClN2S/c1-10-4-2-3-5-13(10)17-14(18)16-12-8-6-11(15)7-9-12/h6-10,13H,2-5H2,1H3,(H2,16,17,18)/t10-,13-/m0/s1. The predicted octanol–water partition coefficient (Wildman–Crippen LogP) is 4.21. The molecular weight excluding hydrogens is 264 g/mol. The van der Waals surface area contributed by atoms with Gasteiger partial charge < -0.3 is 10.6 Å². The van der Waals surface area contributed by atoms with Crippen LogP contribution in [-0.2, 0) is 0 Å². The number of nitrogens with one attached hydrogen (secondary N) is 2. The summed E-state index contributed by atoms with van der Waals surface area (Å²) >= 11 is 11.2. The summed E-state index contributed by atoms with van der Waals surface area (Å²) in [5.41, 5.74) is 0.973.